The van der Waals surface area contributed by atoms with Crippen molar-refractivity contribution in [2.75, 3.05) is 0 Å². The van der Waals surface area contributed by atoms with Gasteiger partial charge in [0, 0.05) is 28.7 Å². The molecule has 1 N–H and O–H groups in total. The van der Waals surface area contributed by atoms with E-state index in [2.05, 4.69) is 48.6 Å². The molecular formula is C30H34ClNO. The van der Waals surface area contributed by atoms with Gasteiger partial charge in [-0.25, -0.2) is 0 Å². The Kier molecular flexibility index (Phi) is 5.63. The molecule has 4 saturated carbocycles. The fraction of sp³-hybridized carbons (Fsp3) is 0.467. The monoisotopic (exact) mass is 459 g/mol. The Morgan fingerprint density at radius 2 is 1.58 bits per heavy atom. The normalized spacial score (nSPS) is 28.8. The summed E-state index contributed by atoms with van der Waals surface area (Å²) in [6.07, 6.45) is 8.77. The molecule has 4 fully saturated rings. The summed E-state index contributed by atoms with van der Waals surface area (Å²) in [4.78, 5) is 0. The third-order valence-corrected chi connectivity index (χ3v) is 9.30. The van der Waals surface area contributed by atoms with E-state index in [1.165, 1.54) is 54.9 Å². The smallest absolute Gasteiger partial charge is 0.124 e. The molecule has 4 aliphatic rings. The minimum atomic E-state index is 0.482. The van der Waals surface area contributed by atoms with E-state index >= 15 is 0 Å². The van der Waals surface area contributed by atoms with Crippen LogP contribution in [0.1, 0.15) is 56.6 Å². The van der Waals surface area contributed by atoms with Crippen molar-refractivity contribution in [3.8, 4) is 5.75 Å². The van der Waals surface area contributed by atoms with Crippen molar-refractivity contribution in [1.29, 1.82) is 0 Å². The summed E-state index contributed by atoms with van der Waals surface area (Å²) < 4.78 is 6.37. The highest BCUT2D eigenvalue weighted by Crippen LogP contribution is 2.61. The Bertz CT molecular complexity index is 1120. The zero-order valence-electron chi connectivity index (χ0n) is 19.5. The lowest BCUT2D eigenvalue weighted by Crippen LogP contribution is -2.54. The summed E-state index contributed by atoms with van der Waals surface area (Å²) in [5.41, 5.74) is 2.78. The highest BCUT2D eigenvalue weighted by atomic mass is 35.5. The molecule has 4 aliphatic carbocycles. The van der Waals surface area contributed by atoms with Crippen LogP contribution in [-0.2, 0) is 13.2 Å². The highest BCUT2D eigenvalue weighted by Gasteiger charge is 2.52. The number of hydrogen-bond acceptors (Lipinski definition) is 2. The van der Waals surface area contributed by atoms with E-state index < -0.39 is 0 Å². The molecule has 0 unspecified atom stereocenters. The van der Waals surface area contributed by atoms with Crippen molar-refractivity contribution in [3.63, 3.8) is 0 Å². The van der Waals surface area contributed by atoms with E-state index in [0.29, 0.717) is 18.1 Å². The molecule has 4 bridgehead atoms. The number of nitrogens with one attached hydrogen (secondary N) is 1. The molecule has 0 heterocycles. The van der Waals surface area contributed by atoms with Crippen LogP contribution in [0.3, 0.4) is 0 Å². The first kappa shape index (κ1) is 21.5. The van der Waals surface area contributed by atoms with Gasteiger partial charge in [-0.1, -0.05) is 60.1 Å². The van der Waals surface area contributed by atoms with Crippen LogP contribution in [0.4, 0.5) is 0 Å². The van der Waals surface area contributed by atoms with Gasteiger partial charge in [-0.15, -0.1) is 0 Å². The molecule has 2 nitrogen and oxygen atoms in total. The van der Waals surface area contributed by atoms with Crippen LogP contribution >= 0.6 is 11.6 Å². The number of fused-ring (bicyclic) bond motifs is 1. The van der Waals surface area contributed by atoms with E-state index in [0.717, 1.165) is 40.6 Å². The van der Waals surface area contributed by atoms with Gasteiger partial charge >= 0.3 is 0 Å². The third-order valence-electron chi connectivity index (χ3n) is 8.93. The molecule has 3 aromatic rings. The number of benzene rings is 3. The van der Waals surface area contributed by atoms with E-state index in [9.17, 15) is 0 Å². The van der Waals surface area contributed by atoms with E-state index in [-0.39, 0.29) is 0 Å². The summed E-state index contributed by atoms with van der Waals surface area (Å²) >= 11 is 6.39. The number of halogens is 1. The SMILES string of the molecule is C[C@@H](NCc1c(OCc2ccccc2Cl)ccc2ccccc12)C12CC3CC(CC(C3)C1)C2. The maximum absolute atomic E-state index is 6.39. The lowest BCUT2D eigenvalue weighted by Gasteiger charge is -2.59. The number of hydrogen-bond donors (Lipinski definition) is 1. The minimum absolute atomic E-state index is 0.482. The predicted octanol–water partition coefficient (Wildman–Crippen LogP) is 7.77. The topological polar surface area (TPSA) is 21.3 Å². The van der Waals surface area contributed by atoms with E-state index in [1.54, 1.807) is 0 Å². The quantitative estimate of drug-likeness (QED) is 0.389. The Labute approximate surface area is 202 Å². The average molecular weight is 460 g/mol. The van der Waals surface area contributed by atoms with Crippen molar-refractivity contribution >= 4 is 22.4 Å². The number of ether oxygens (including phenoxy) is 1. The molecule has 0 spiro atoms. The summed E-state index contributed by atoms with van der Waals surface area (Å²) in [5, 5.41) is 7.29. The maximum Gasteiger partial charge on any atom is 0.124 e. The molecule has 1 atom stereocenters. The van der Waals surface area contributed by atoms with Gasteiger partial charge in [0.25, 0.3) is 0 Å². The molecular weight excluding hydrogens is 426 g/mol. The van der Waals surface area contributed by atoms with Crippen LogP contribution in [0.15, 0.2) is 60.7 Å². The first-order valence-electron chi connectivity index (χ1n) is 12.7. The lowest BCUT2D eigenvalue weighted by molar-refractivity contribution is -0.0706. The molecule has 0 radical (unpaired) electrons. The van der Waals surface area contributed by atoms with Crippen molar-refractivity contribution in [1.82, 2.24) is 5.32 Å². The van der Waals surface area contributed by atoms with Gasteiger partial charge in [0.15, 0.2) is 0 Å². The van der Waals surface area contributed by atoms with Crippen molar-refractivity contribution in [3.05, 3.63) is 76.8 Å². The highest BCUT2D eigenvalue weighted by molar-refractivity contribution is 6.31. The van der Waals surface area contributed by atoms with E-state index in [1.807, 2.05) is 24.3 Å². The molecule has 0 aliphatic heterocycles. The minimum Gasteiger partial charge on any atom is -0.488 e. The summed E-state index contributed by atoms with van der Waals surface area (Å²) in [7, 11) is 0. The van der Waals surface area contributed by atoms with Crippen LogP contribution in [0.2, 0.25) is 5.02 Å². The summed E-state index contributed by atoms with van der Waals surface area (Å²) in [5.74, 6) is 3.89. The predicted molar refractivity (Wildman–Crippen MR) is 137 cm³/mol. The molecule has 172 valence electrons. The van der Waals surface area contributed by atoms with Crippen molar-refractivity contribution in [2.45, 2.75) is 64.6 Å². The molecule has 7 rings (SSSR count). The fourth-order valence-corrected chi connectivity index (χ4v) is 7.77. The van der Waals surface area contributed by atoms with Gasteiger partial charge in [-0.05, 0) is 91.5 Å². The standard InChI is InChI=1S/C30H34ClNO/c1-20(30-15-21-12-22(16-30)14-23(13-21)17-30)32-18-27-26-8-4-2-6-24(26)10-11-29(27)33-19-25-7-3-5-9-28(25)31/h2-11,20-23,32H,12-19H2,1H3/t20-,21?,22?,23?,30?/m1/s1. The molecule has 0 amide bonds. The second-order valence-corrected chi connectivity index (χ2v) is 11.4. The second kappa shape index (κ2) is 8.64. The molecule has 0 aromatic heterocycles. The largest absolute Gasteiger partial charge is 0.488 e. The van der Waals surface area contributed by atoms with Crippen LogP contribution in [0.25, 0.3) is 10.8 Å². The molecule has 33 heavy (non-hydrogen) atoms. The van der Waals surface area contributed by atoms with E-state index in [4.69, 9.17) is 16.3 Å². The van der Waals surface area contributed by atoms with Crippen LogP contribution < -0.4 is 10.1 Å². The Morgan fingerprint density at radius 3 is 2.30 bits per heavy atom. The van der Waals surface area contributed by atoms with Gasteiger partial charge in [-0.2, -0.15) is 0 Å². The first-order chi connectivity index (χ1) is 16.1. The van der Waals surface area contributed by atoms with Crippen molar-refractivity contribution < 1.29 is 4.74 Å². The van der Waals surface area contributed by atoms with Crippen LogP contribution in [0, 0.1) is 23.2 Å². The molecule has 3 aromatic carbocycles. The van der Waals surface area contributed by atoms with Gasteiger partial charge in [0.05, 0.1) is 0 Å². The fourth-order valence-electron chi connectivity index (χ4n) is 7.58. The van der Waals surface area contributed by atoms with Gasteiger partial charge < -0.3 is 10.1 Å². The van der Waals surface area contributed by atoms with Gasteiger partial charge in [0.1, 0.15) is 12.4 Å². The van der Waals surface area contributed by atoms with Gasteiger partial charge in [-0.3, -0.25) is 0 Å². The number of rotatable bonds is 7. The molecule has 3 heteroatoms. The molecule has 0 saturated heterocycles. The Morgan fingerprint density at radius 1 is 0.909 bits per heavy atom. The zero-order chi connectivity index (χ0) is 22.4. The third kappa shape index (κ3) is 4.06. The first-order valence-corrected chi connectivity index (χ1v) is 13.1. The lowest BCUT2D eigenvalue weighted by atomic mass is 9.48. The van der Waals surface area contributed by atoms with Crippen LogP contribution in [-0.4, -0.2) is 6.04 Å². The van der Waals surface area contributed by atoms with Crippen molar-refractivity contribution in [2.24, 2.45) is 23.2 Å². The average Bonchev–Trinajstić information content (AvgIpc) is 2.81. The Balaban J connectivity index is 1.24. The van der Waals surface area contributed by atoms with Crippen LogP contribution in [0.5, 0.6) is 5.75 Å². The second-order valence-electron chi connectivity index (χ2n) is 11.0. The Hall–Kier alpha value is -2.03. The summed E-state index contributed by atoms with van der Waals surface area (Å²) in [6, 6.07) is 21.4. The van der Waals surface area contributed by atoms with Gasteiger partial charge in [0.2, 0.25) is 0 Å². The summed E-state index contributed by atoms with van der Waals surface area (Å²) in [6.45, 7) is 3.76. The maximum atomic E-state index is 6.39. The zero-order valence-corrected chi connectivity index (χ0v) is 20.3.